The van der Waals surface area contributed by atoms with Gasteiger partial charge in [-0.15, -0.1) is 0 Å². The Labute approximate surface area is 104 Å². The molecule has 0 amide bonds. The molecule has 2 atom stereocenters. The standard InChI is InChI=1S/C15H23NO/c1-3-11-17-13-7-5-12(6-8-13)14-9-10-16-15(14)4-2/h5-8,14-16H,3-4,9-11H2,1-2H3. The summed E-state index contributed by atoms with van der Waals surface area (Å²) in [6.45, 7) is 6.35. The fourth-order valence-corrected chi connectivity index (χ4v) is 2.63. The van der Waals surface area contributed by atoms with Gasteiger partial charge in [0.25, 0.3) is 0 Å². The van der Waals surface area contributed by atoms with Crippen molar-refractivity contribution < 1.29 is 4.74 Å². The highest BCUT2D eigenvalue weighted by atomic mass is 16.5. The zero-order valence-electron chi connectivity index (χ0n) is 10.9. The first-order valence-corrected chi connectivity index (χ1v) is 6.81. The van der Waals surface area contributed by atoms with Crippen molar-refractivity contribution in [2.24, 2.45) is 0 Å². The summed E-state index contributed by atoms with van der Waals surface area (Å²) in [6.07, 6.45) is 3.53. The molecule has 1 aromatic carbocycles. The Bertz CT molecular complexity index is 333. The van der Waals surface area contributed by atoms with Crippen molar-refractivity contribution in [1.82, 2.24) is 5.32 Å². The van der Waals surface area contributed by atoms with E-state index in [1.165, 1.54) is 18.4 Å². The van der Waals surface area contributed by atoms with Crippen LogP contribution in [0.4, 0.5) is 0 Å². The van der Waals surface area contributed by atoms with Crippen LogP contribution in [0.2, 0.25) is 0 Å². The maximum Gasteiger partial charge on any atom is 0.119 e. The fourth-order valence-electron chi connectivity index (χ4n) is 2.63. The quantitative estimate of drug-likeness (QED) is 0.842. The SMILES string of the molecule is CCCOc1ccc(C2CCNC2CC)cc1. The van der Waals surface area contributed by atoms with E-state index >= 15 is 0 Å². The topological polar surface area (TPSA) is 21.3 Å². The molecule has 17 heavy (non-hydrogen) atoms. The van der Waals surface area contributed by atoms with Gasteiger partial charge in [-0.1, -0.05) is 26.0 Å². The Kier molecular flexibility index (Phi) is 4.43. The van der Waals surface area contributed by atoms with Gasteiger partial charge in [0, 0.05) is 12.0 Å². The number of benzene rings is 1. The summed E-state index contributed by atoms with van der Waals surface area (Å²) in [5.41, 5.74) is 1.45. The summed E-state index contributed by atoms with van der Waals surface area (Å²) in [5, 5.41) is 3.57. The third-order valence-corrected chi connectivity index (χ3v) is 3.57. The molecular formula is C15H23NO. The van der Waals surface area contributed by atoms with Crippen molar-refractivity contribution in [1.29, 1.82) is 0 Å². The van der Waals surface area contributed by atoms with Crippen LogP contribution in [0.5, 0.6) is 5.75 Å². The molecule has 2 unspecified atom stereocenters. The van der Waals surface area contributed by atoms with Crippen LogP contribution in [0.3, 0.4) is 0 Å². The molecule has 1 fully saturated rings. The van der Waals surface area contributed by atoms with Gasteiger partial charge < -0.3 is 10.1 Å². The van der Waals surface area contributed by atoms with Crippen LogP contribution in [-0.4, -0.2) is 19.2 Å². The van der Waals surface area contributed by atoms with Gasteiger partial charge in [-0.3, -0.25) is 0 Å². The van der Waals surface area contributed by atoms with Crippen LogP contribution >= 0.6 is 0 Å². The predicted molar refractivity (Wildman–Crippen MR) is 71.7 cm³/mol. The van der Waals surface area contributed by atoms with Crippen LogP contribution < -0.4 is 10.1 Å². The van der Waals surface area contributed by atoms with Crippen molar-refractivity contribution >= 4 is 0 Å². The third-order valence-electron chi connectivity index (χ3n) is 3.57. The Morgan fingerprint density at radius 3 is 2.65 bits per heavy atom. The minimum atomic E-state index is 0.650. The van der Waals surface area contributed by atoms with Crippen LogP contribution in [0, 0.1) is 0 Å². The van der Waals surface area contributed by atoms with E-state index in [2.05, 4.69) is 43.4 Å². The first kappa shape index (κ1) is 12.4. The van der Waals surface area contributed by atoms with E-state index in [0.717, 1.165) is 25.3 Å². The molecule has 0 aliphatic carbocycles. The van der Waals surface area contributed by atoms with Crippen molar-refractivity contribution in [2.45, 2.75) is 45.1 Å². The largest absolute Gasteiger partial charge is 0.494 e. The van der Waals surface area contributed by atoms with Gasteiger partial charge in [-0.05, 0) is 43.5 Å². The Balaban J connectivity index is 2.01. The Morgan fingerprint density at radius 2 is 2.00 bits per heavy atom. The summed E-state index contributed by atoms with van der Waals surface area (Å²) in [7, 11) is 0. The van der Waals surface area contributed by atoms with E-state index in [0.29, 0.717) is 12.0 Å². The molecule has 0 bridgehead atoms. The van der Waals surface area contributed by atoms with E-state index in [1.54, 1.807) is 0 Å². The summed E-state index contributed by atoms with van der Waals surface area (Å²) in [6, 6.07) is 9.32. The van der Waals surface area contributed by atoms with Gasteiger partial charge in [0.2, 0.25) is 0 Å². The predicted octanol–water partition coefficient (Wildman–Crippen LogP) is 3.33. The molecule has 0 spiro atoms. The smallest absolute Gasteiger partial charge is 0.119 e. The highest BCUT2D eigenvalue weighted by molar-refractivity contribution is 5.31. The maximum atomic E-state index is 5.61. The van der Waals surface area contributed by atoms with Crippen molar-refractivity contribution in [3.63, 3.8) is 0 Å². The molecule has 1 aliphatic rings. The molecule has 1 aromatic rings. The third kappa shape index (κ3) is 3.01. The number of ether oxygens (including phenoxy) is 1. The second kappa shape index (κ2) is 6.06. The van der Waals surface area contributed by atoms with E-state index in [1.807, 2.05) is 0 Å². The summed E-state index contributed by atoms with van der Waals surface area (Å²) < 4.78 is 5.61. The summed E-state index contributed by atoms with van der Waals surface area (Å²) >= 11 is 0. The second-order valence-corrected chi connectivity index (χ2v) is 4.78. The highest BCUT2D eigenvalue weighted by Gasteiger charge is 2.26. The average molecular weight is 233 g/mol. The molecule has 1 N–H and O–H groups in total. The van der Waals surface area contributed by atoms with Gasteiger partial charge in [-0.25, -0.2) is 0 Å². The van der Waals surface area contributed by atoms with Gasteiger partial charge in [-0.2, -0.15) is 0 Å². The molecule has 0 aromatic heterocycles. The van der Waals surface area contributed by atoms with Gasteiger partial charge >= 0.3 is 0 Å². The Morgan fingerprint density at radius 1 is 1.24 bits per heavy atom. The lowest BCUT2D eigenvalue weighted by molar-refractivity contribution is 0.317. The van der Waals surface area contributed by atoms with Crippen LogP contribution in [0.1, 0.15) is 44.6 Å². The number of hydrogen-bond donors (Lipinski definition) is 1. The summed E-state index contributed by atoms with van der Waals surface area (Å²) in [4.78, 5) is 0. The molecule has 1 heterocycles. The lowest BCUT2D eigenvalue weighted by Gasteiger charge is -2.18. The van der Waals surface area contributed by atoms with Gasteiger partial charge in [0.15, 0.2) is 0 Å². The zero-order valence-corrected chi connectivity index (χ0v) is 10.9. The maximum absolute atomic E-state index is 5.61. The van der Waals surface area contributed by atoms with Crippen LogP contribution in [0.25, 0.3) is 0 Å². The van der Waals surface area contributed by atoms with Gasteiger partial charge in [0.05, 0.1) is 6.61 Å². The first-order valence-electron chi connectivity index (χ1n) is 6.81. The highest BCUT2D eigenvalue weighted by Crippen LogP contribution is 2.30. The van der Waals surface area contributed by atoms with E-state index in [9.17, 15) is 0 Å². The van der Waals surface area contributed by atoms with Crippen LogP contribution in [0.15, 0.2) is 24.3 Å². The molecule has 2 heteroatoms. The lowest BCUT2D eigenvalue weighted by Crippen LogP contribution is -2.24. The molecule has 94 valence electrons. The van der Waals surface area contributed by atoms with Gasteiger partial charge in [0.1, 0.15) is 5.75 Å². The van der Waals surface area contributed by atoms with E-state index < -0.39 is 0 Å². The molecule has 0 radical (unpaired) electrons. The van der Waals surface area contributed by atoms with Crippen molar-refractivity contribution in [3.8, 4) is 5.75 Å². The molecule has 2 nitrogen and oxygen atoms in total. The minimum absolute atomic E-state index is 0.650. The molecule has 1 aliphatic heterocycles. The second-order valence-electron chi connectivity index (χ2n) is 4.78. The molecular weight excluding hydrogens is 210 g/mol. The fraction of sp³-hybridized carbons (Fsp3) is 0.600. The Hall–Kier alpha value is -1.02. The van der Waals surface area contributed by atoms with E-state index in [4.69, 9.17) is 4.74 Å². The molecule has 2 rings (SSSR count). The van der Waals surface area contributed by atoms with Crippen LogP contribution in [-0.2, 0) is 0 Å². The first-order chi connectivity index (χ1) is 8.35. The number of hydrogen-bond acceptors (Lipinski definition) is 2. The number of rotatable bonds is 5. The van der Waals surface area contributed by atoms with E-state index in [-0.39, 0.29) is 0 Å². The van der Waals surface area contributed by atoms with Crippen molar-refractivity contribution in [2.75, 3.05) is 13.2 Å². The normalized spacial score (nSPS) is 23.9. The molecule has 0 saturated carbocycles. The molecule has 1 saturated heterocycles. The summed E-state index contributed by atoms with van der Waals surface area (Å²) in [5.74, 6) is 1.68. The monoisotopic (exact) mass is 233 g/mol. The minimum Gasteiger partial charge on any atom is -0.494 e. The lowest BCUT2D eigenvalue weighted by atomic mass is 9.91. The van der Waals surface area contributed by atoms with Crippen molar-refractivity contribution in [3.05, 3.63) is 29.8 Å². The zero-order chi connectivity index (χ0) is 12.1. The average Bonchev–Trinajstić information content (AvgIpc) is 2.85. The number of nitrogens with one attached hydrogen (secondary N) is 1.